The van der Waals surface area contributed by atoms with Gasteiger partial charge < -0.3 is 20.5 Å². The first-order valence-corrected chi connectivity index (χ1v) is 11.8. The maximum Gasteiger partial charge on any atom is 0.407 e. The molecule has 35 heavy (non-hydrogen) atoms. The third kappa shape index (κ3) is 6.86. The van der Waals surface area contributed by atoms with Gasteiger partial charge in [0.15, 0.2) is 0 Å². The third-order valence-corrected chi connectivity index (χ3v) is 6.11. The van der Waals surface area contributed by atoms with Gasteiger partial charge >= 0.3 is 12.1 Å². The first-order chi connectivity index (χ1) is 16.8. The van der Waals surface area contributed by atoms with Gasteiger partial charge in [0.2, 0.25) is 5.91 Å². The summed E-state index contributed by atoms with van der Waals surface area (Å²) >= 11 is 0. The molecule has 1 aliphatic rings. The second-order valence-electron chi connectivity index (χ2n) is 9.27. The van der Waals surface area contributed by atoms with Crippen molar-refractivity contribution in [1.82, 2.24) is 10.6 Å². The van der Waals surface area contributed by atoms with E-state index < -0.39 is 24.0 Å². The van der Waals surface area contributed by atoms with E-state index in [2.05, 4.69) is 28.7 Å². The molecule has 0 aliphatic heterocycles. The Bertz CT molecular complexity index is 1060. The molecule has 0 fully saturated rings. The summed E-state index contributed by atoms with van der Waals surface area (Å²) in [6.45, 7) is 4.31. The summed E-state index contributed by atoms with van der Waals surface area (Å²) in [4.78, 5) is 36.4. The molecule has 0 heterocycles. The van der Waals surface area contributed by atoms with Gasteiger partial charge in [0.25, 0.3) is 0 Å². The van der Waals surface area contributed by atoms with E-state index in [1.165, 1.54) is 0 Å². The minimum absolute atomic E-state index is 0.0101. The number of benzene rings is 2. The number of carbonyl (C=O) groups is 3. The fraction of sp³-hybridized carbons (Fsp3) is 0.393. The number of aliphatic carboxylic acids is 1. The maximum atomic E-state index is 12.7. The maximum absolute atomic E-state index is 12.7. The standard InChI is InChI=1S/C28H32N2O5/c1-4-9-25(27(33)29-16-19(14-18(2)3)15-26(31)32)30-28(34)35-17-24-22-12-7-5-10-20(22)21-11-6-8-13-23(21)24/h1,5-8,10-13,18-19,24-25H,9,14-17H2,2-3H3,(H,29,33)(H,30,34)(H,31,32). The van der Waals surface area contributed by atoms with Crippen molar-refractivity contribution in [2.45, 2.75) is 45.1 Å². The largest absolute Gasteiger partial charge is 0.481 e. The topological polar surface area (TPSA) is 105 Å². The summed E-state index contributed by atoms with van der Waals surface area (Å²) in [5, 5.41) is 14.4. The van der Waals surface area contributed by atoms with Crippen LogP contribution >= 0.6 is 0 Å². The summed E-state index contributed by atoms with van der Waals surface area (Å²) in [6.07, 6.45) is 5.29. The predicted octanol–water partition coefficient (Wildman–Crippen LogP) is 4.17. The van der Waals surface area contributed by atoms with Crippen LogP contribution < -0.4 is 10.6 Å². The van der Waals surface area contributed by atoms with Crippen molar-refractivity contribution in [3.8, 4) is 23.5 Å². The van der Waals surface area contributed by atoms with E-state index in [-0.39, 0.29) is 43.7 Å². The first-order valence-electron chi connectivity index (χ1n) is 11.8. The van der Waals surface area contributed by atoms with Crippen LogP contribution in [-0.2, 0) is 14.3 Å². The number of rotatable bonds is 11. The second kappa shape index (κ2) is 12.1. The molecule has 2 amide bonds. The van der Waals surface area contributed by atoms with Gasteiger partial charge in [-0.25, -0.2) is 4.79 Å². The van der Waals surface area contributed by atoms with Gasteiger partial charge in [-0.05, 0) is 40.5 Å². The average molecular weight is 477 g/mol. The molecule has 2 aromatic carbocycles. The fourth-order valence-corrected chi connectivity index (χ4v) is 4.63. The van der Waals surface area contributed by atoms with Gasteiger partial charge in [-0.3, -0.25) is 9.59 Å². The SMILES string of the molecule is C#CCC(NC(=O)OCC1c2ccccc2-c2ccccc21)C(=O)NCC(CC(=O)O)CC(C)C. The van der Waals surface area contributed by atoms with E-state index >= 15 is 0 Å². The van der Waals surface area contributed by atoms with Crippen LogP contribution in [0, 0.1) is 24.2 Å². The summed E-state index contributed by atoms with van der Waals surface area (Å²) in [5.41, 5.74) is 4.43. The van der Waals surface area contributed by atoms with E-state index in [9.17, 15) is 14.4 Å². The monoisotopic (exact) mass is 476 g/mol. The molecular formula is C28H32N2O5. The zero-order chi connectivity index (χ0) is 25.4. The smallest absolute Gasteiger partial charge is 0.407 e. The van der Waals surface area contributed by atoms with Gasteiger partial charge in [0, 0.05) is 25.3 Å². The number of alkyl carbamates (subject to hydrolysis) is 1. The molecule has 0 saturated heterocycles. The van der Waals surface area contributed by atoms with Crippen molar-refractivity contribution < 1.29 is 24.2 Å². The Morgan fingerprint density at radius 1 is 1.06 bits per heavy atom. The minimum atomic E-state index is -0.972. The highest BCUT2D eigenvalue weighted by Crippen LogP contribution is 2.44. The summed E-state index contributed by atoms with van der Waals surface area (Å²) < 4.78 is 5.52. The van der Waals surface area contributed by atoms with Crippen LogP contribution in [0.25, 0.3) is 11.1 Å². The lowest BCUT2D eigenvalue weighted by atomic mass is 9.94. The first kappa shape index (κ1) is 25.8. The van der Waals surface area contributed by atoms with Crippen LogP contribution in [0.4, 0.5) is 4.79 Å². The highest BCUT2D eigenvalue weighted by Gasteiger charge is 2.30. The molecule has 0 aromatic heterocycles. The van der Waals surface area contributed by atoms with Crippen molar-refractivity contribution in [3.63, 3.8) is 0 Å². The number of nitrogens with one attached hydrogen (secondary N) is 2. The van der Waals surface area contributed by atoms with Crippen molar-refractivity contribution >= 4 is 18.0 Å². The number of carboxylic acids is 1. The summed E-state index contributed by atoms with van der Waals surface area (Å²) in [7, 11) is 0. The molecule has 0 spiro atoms. The van der Waals surface area contributed by atoms with Crippen molar-refractivity contribution in [2.24, 2.45) is 11.8 Å². The van der Waals surface area contributed by atoms with Crippen molar-refractivity contribution in [3.05, 3.63) is 59.7 Å². The molecule has 7 nitrogen and oxygen atoms in total. The molecule has 0 saturated carbocycles. The number of hydrogen-bond acceptors (Lipinski definition) is 4. The highest BCUT2D eigenvalue weighted by molar-refractivity contribution is 5.86. The quantitative estimate of drug-likeness (QED) is 0.422. The lowest BCUT2D eigenvalue weighted by Gasteiger charge is -2.21. The third-order valence-electron chi connectivity index (χ3n) is 6.11. The van der Waals surface area contributed by atoms with Crippen LogP contribution in [0.5, 0.6) is 0 Å². The van der Waals surface area contributed by atoms with Crippen LogP contribution in [0.15, 0.2) is 48.5 Å². The number of carbonyl (C=O) groups excluding carboxylic acids is 2. The van der Waals surface area contributed by atoms with Crippen molar-refractivity contribution in [1.29, 1.82) is 0 Å². The summed E-state index contributed by atoms with van der Waals surface area (Å²) in [5.74, 6) is 1.01. The highest BCUT2D eigenvalue weighted by atomic mass is 16.5. The van der Waals surface area contributed by atoms with Gasteiger partial charge in [-0.15, -0.1) is 12.3 Å². The minimum Gasteiger partial charge on any atom is -0.481 e. The molecule has 2 aromatic rings. The number of ether oxygens (including phenoxy) is 1. The van der Waals surface area contributed by atoms with E-state index in [1.807, 2.05) is 50.2 Å². The Kier molecular flexibility index (Phi) is 8.91. The summed E-state index contributed by atoms with van der Waals surface area (Å²) in [6, 6.07) is 15.1. The van der Waals surface area contributed by atoms with E-state index in [0.717, 1.165) is 22.3 Å². The molecule has 7 heteroatoms. The molecule has 1 aliphatic carbocycles. The lowest BCUT2D eigenvalue weighted by molar-refractivity contribution is -0.138. The van der Waals surface area contributed by atoms with Gasteiger partial charge in [0.1, 0.15) is 12.6 Å². The van der Waals surface area contributed by atoms with Crippen LogP contribution in [-0.4, -0.2) is 42.3 Å². The Hall–Kier alpha value is -3.79. The van der Waals surface area contributed by atoms with E-state index in [1.54, 1.807) is 0 Å². The molecular weight excluding hydrogens is 444 g/mol. The van der Waals surface area contributed by atoms with Gasteiger partial charge in [0.05, 0.1) is 0 Å². The molecule has 3 N–H and O–H groups in total. The zero-order valence-corrected chi connectivity index (χ0v) is 20.1. The molecule has 3 rings (SSSR count). The van der Waals surface area contributed by atoms with Crippen molar-refractivity contribution in [2.75, 3.05) is 13.2 Å². The van der Waals surface area contributed by atoms with E-state index in [0.29, 0.717) is 6.42 Å². The number of amides is 2. The Labute approximate surface area is 206 Å². The Morgan fingerprint density at radius 2 is 1.66 bits per heavy atom. The van der Waals surface area contributed by atoms with E-state index in [4.69, 9.17) is 16.3 Å². The van der Waals surface area contributed by atoms with Crippen LogP contribution in [0.2, 0.25) is 0 Å². The Morgan fingerprint density at radius 3 is 2.20 bits per heavy atom. The Balaban J connectivity index is 1.59. The van der Waals surface area contributed by atoms with Gasteiger partial charge in [-0.1, -0.05) is 62.4 Å². The van der Waals surface area contributed by atoms with Crippen LogP contribution in [0.3, 0.4) is 0 Å². The molecule has 2 unspecified atom stereocenters. The zero-order valence-electron chi connectivity index (χ0n) is 20.1. The molecule has 2 atom stereocenters. The number of carboxylic acid groups (broad SMARTS) is 1. The van der Waals surface area contributed by atoms with Gasteiger partial charge in [-0.2, -0.15) is 0 Å². The molecule has 184 valence electrons. The lowest BCUT2D eigenvalue weighted by Crippen LogP contribution is -2.48. The number of terminal acetylenes is 1. The number of hydrogen-bond donors (Lipinski definition) is 3. The number of fused-ring (bicyclic) bond motifs is 3. The molecule has 0 bridgehead atoms. The molecule has 0 radical (unpaired) electrons. The average Bonchev–Trinajstić information content (AvgIpc) is 3.14. The fourth-order valence-electron chi connectivity index (χ4n) is 4.63. The predicted molar refractivity (Wildman–Crippen MR) is 134 cm³/mol. The second-order valence-corrected chi connectivity index (χ2v) is 9.27. The normalized spacial score (nSPS) is 13.8. The van der Waals surface area contributed by atoms with Crippen LogP contribution in [0.1, 0.15) is 50.2 Å².